The number of nitrogens with two attached hydrogens (primary N) is 1. The molecule has 3 rings (SSSR count). The molecule has 7 nitrogen and oxygen atoms in total. The third kappa shape index (κ3) is 2.33. The molecule has 4 atom stereocenters. The first kappa shape index (κ1) is 17.4. The highest BCUT2D eigenvalue weighted by Gasteiger charge is 2.70. The second-order valence-corrected chi connectivity index (χ2v) is 6.63. The van der Waals surface area contributed by atoms with E-state index in [1.54, 1.807) is 26.3 Å². The SMILES string of the molecule is CCN1C(=O)[C@@H]2[C@@H](C1=O)[C@](C)(C(=O)OC)[NH2+][C@H]2c1ccccc1OC. The Morgan fingerprint density at radius 1 is 1.24 bits per heavy atom. The molecule has 2 fully saturated rings. The summed E-state index contributed by atoms with van der Waals surface area (Å²) in [6.07, 6.45) is 0. The maximum Gasteiger partial charge on any atom is 0.368 e. The van der Waals surface area contributed by atoms with Crippen LogP contribution in [-0.2, 0) is 19.1 Å². The van der Waals surface area contributed by atoms with Crippen LogP contribution in [0.2, 0.25) is 0 Å². The van der Waals surface area contributed by atoms with Gasteiger partial charge in [0.25, 0.3) is 0 Å². The smallest absolute Gasteiger partial charge is 0.368 e. The van der Waals surface area contributed by atoms with E-state index in [-0.39, 0.29) is 11.8 Å². The number of ether oxygens (including phenoxy) is 2. The molecule has 2 N–H and O–H groups in total. The number of esters is 1. The molecule has 2 amide bonds. The molecule has 1 aromatic rings. The standard InChI is InChI=1S/C18H22N2O5/c1-5-20-15(21)12-13(16(20)22)18(2,17(23)25-4)19-14(12)10-8-6-7-9-11(10)24-3/h6-9,12-14,19H,5H2,1-4H3/p+1/t12-,13+,14+,18-/m1/s1. The summed E-state index contributed by atoms with van der Waals surface area (Å²) in [6, 6.07) is 6.98. The van der Waals surface area contributed by atoms with Gasteiger partial charge < -0.3 is 14.8 Å². The number of hydrogen-bond donors (Lipinski definition) is 1. The van der Waals surface area contributed by atoms with Crippen LogP contribution in [0.4, 0.5) is 0 Å². The van der Waals surface area contributed by atoms with E-state index in [1.807, 2.05) is 24.3 Å². The van der Waals surface area contributed by atoms with Crippen molar-refractivity contribution in [1.29, 1.82) is 0 Å². The maximum absolute atomic E-state index is 12.9. The lowest BCUT2D eigenvalue weighted by Gasteiger charge is -2.25. The fourth-order valence-corrected chi connectivity index (χ4v) is 4.28. The summed E-state index contributed by atoms with van der Waals surface area (Å²) in [6.45, 7) is 3.73. The summed E-state index contributed by atoms with van der Waals surface area (Å²) in [4.78, 5) is 39.5. The number of hydrogen-bond acceptors (Lipinski definition) is 5. The van der Waals surface area contributed by atoms with E-state index >= 15 is 0 Å². The zero-order chi connectivity index (χ0) is 18.4. The van der Waals surface area contributed by atoms with Gasteiger partial charge in [0.15, 0.2) is 0 Å². The predicted molar refractivity (Wildman–Crippen MR) is 87.5 cm³/mol. The van der Waals surface area contributed by atoms with Gasteiger partial charge in [0, 0.05) is 13.5 Å². The average molecular weight is 347 g/mol. The Balaban J connectivity index is 2.14. The lowest BCUT2D eigenvalue weighted by Crippen LogP contribution is -2.97. The van der Waals surface area contributed by atoms with Crippen molar-refractivity contribution in [3.8, 4) is 5.75 Å². The summed E-state index contributed by atoms with van der Waals surface area (Å²) in [5.74, 6) is -1.78. The summed E-state index contributed by atoms with van der Waals surface area (Å²) >= 11 is 0. The minimum absolute atomic E-state index is 0.239. The van der Waals surface area contributed by atoms with E-state index in [0.29, 0.717) is 12.3 Å². The second-order valence-electron chi connectivity index (χ2n) is 6.63. The summed E-state index contributed by atoms with van der Waals surface area (Å²) < 4.78 is 10.4. The minimum Gasteiger partial charge on any atom is -0.496 e. The van der Waals surface area contributed by atoms with Gasteiger partial charge in [-0.25, -0.2) is 4.79 Å². The van der Waals surface area contributed by atoms with E-state index < -0.39 is 29.4 Å². The van der Waals surface area contributed by atoms with Gasteiger partial charge in [-0.1, -0.05) is 12.1 Å². The number of carbonyl (C=O) groups is 3. The van der Waals surface area contributed by atoms with Crippen molar-refractivity contribution in [1.82, 2.24) is 4.90 Å². The number of nitrogens with zero attached hydrogens (tertiary/aromatic N) is 1. The Morgan fingerprint density at radius 3 is 2.52 bits per heavy atom. The zero-order valence-corrected chi connectivity index (χ0v) is 14.8. The van der Waals surface area contributed by atoms with Crippen molar-refractivity contribution >= 4 is 17.8 Å². The summed E-state index contributed by atoms with van der Waals surface area (Å²) in [5, 5.41) is 1.79. The zero-order valence-electron chi connectivity index (χ0n) is 14.8. The number of para-hydroxylation sites is 1. The normalized spacial score (nSPS) is 31.2. The molecule has 7 heteroatoms. The van der Waals surface area contributed by atoms with E-state index in [2.05, 4.69) is 0 Å². The van der Waals surface area contributed by atoms with Gasteiger partial charge >= 0.3 is 5.97 Å². The Morgan fingerprint density at radius 2 is 1.92 bits per heavy atom. The Bertz CT molecular complexity index is 734. The monoisotopic (exact) mass is 347 g/mol. The molecule has 0 aliphatic carbocycles. The number of likely N-dealkylation sites (tertiary alicyclic amines) is 1. The molecule has 134 valence electrons. The number of rotatable bonds is 4. The van der Waals surface area contributed by atoms with Crippen molar-refractivity contribution < 1.29 is 29.2 Å². The third-order valence-corrected chi connectivity index (χ3v) is 5.44. The van der Waals surface area contributed by atoms with Crippen LogP contribution in [0.5, 0.6) is 5.75 Å². The first-order valence-electron chi connectivity index (χ1n) is 8.33. The molecule has 0 aromatic heterocycles. The molecule has 0 unspecified atom stereocenters. The van der Waals surface area contributed by atoms with Crippen molar-refractivity contribution in [3.05, 3.63) is 29.8 Å². The lowest BCUT2D eigenvalue weighted by molar-refractivity contribution is -0.731. The second kappa shape index (κ2) is 6.15. The first-order valence-corrected chi connectivity index (χ1v) is 8.33. The molecule has 25 heavy (non-hydrogen) atoms. The fraction of sp³-hybridized carbons (Fsp3) is 0.500. The van der Waals surface area contributed by atoms with Gasteiger partial charge in [0.2, 0.25) is 17.4 Å². The number of amides is 2. The number of fused-ring (bicyclic) bond motifs is 1. The van der Waals surface area contributed by atoms with Crippen LogP contribution in [0.1, 0.15) is 25.5 Å². The highest BCUT2D eigenvalue weighted by Crippen LogP contribution is 2.45. The van der Waals surface area contributed by atoms with Gasteiger partial charge in [0.1, 0.15) is 23.6 Å². The Hall–Kier alpha value is -2.41. The van der Waals surface area contributed by atoms with Crippen molar-refractivity contribution in [3.63, 3.8) is 0 Å². The molecule has 2 aliphatic heterocycles. The molecule has 0 saturated carbocycles. The van der Waals surface area contributed by atoms with Gasteiger partial charge in [0.05, 0.1) is 19.8 Å². The van der Waals surface area contributed by atoms with Crippen LogP contribution >= 0.6 is 0 Å². The van der Waals surface area contributed by atoms with E-state index in [9.17, 15) is 14.4 Å². The number of carbonyl (C=O) groups excluding carboxylic acids is 3. The van der Waals surface area contributed by atoms with E-state index in [1.165, 1.54) is 12.0 Å². The van der Waals surface area contributed by atoms with Gasteiger partial charge in [-0.2, -0.15) is 0 Å². The quantitative estimate of drug-likeness (QED) is 0.605. The van der Waals surface area contributed by atoms with Crippen molar-refractivity contribution in [2.45, 2.75) is 25.4 Å². The molecule has 0 bridgehead atoms. The first-order chi connectivity index (χ1) is 11.9. The summed E-state index contributed by atoms with van der Waals surface area (Å²) in [5.41, 5.74) is -0.353. The number of benzene rings is 1. The largest absolute Gasteiger partial charge is 0.496 e. The van der Waals surface area contributed by atoms with Gasteiger partial charge in [-0.05, 0) is 19.1 Å². The maximum atomic E-state index is 12.9. The van der Waals surface area contributed by atoms with Crippen LogP contribution in [0, 0.1) is 11.8 Å². The Labute approximate surface area is 146 Å². The fourth-order valence-electron chi connectivity index (χ4n) is 4.28. The van der Waals surface area contributed by atoms with Crippen LogP contribution in [-0.4, -0.2) is 49.0 Å². The van der Waals surface area contributed by atoms with Gasteiger partial charge in [-0.3, -0.25) is 14.5 Å². The molecular formula is C18H23N2O5+. The average Bonchev–Trinajstić information content (AvgIpc) is 3.08. The number of methoxy groups -OCH3 is 2. The van der Waals surface area contributed by atoms with E-state index in [0.717, 1.165) is 5.56 Å². The minimum atomic E-state index is -1.15. The van der Waals surface area contributed by atoms with Gasteiger partial charge in [-0.15, -0.1) is 0 Å². The molecule has 2 heterocycles. The topological polar surface area (TPSA) is 89.5 Å². The molecule has 0 radical (unpaired) electrons. The predicted octanol–water partition coefficient (Wildman–Crippen LogP) is -0.134. The molecule has 2 aliphatic rings. The number of imide groups is 1. The molecule has 1 aromatic carbocycles. The highest BCUT2D eigenvalue weighted by atomic mass is 16.5. The van der Waals surface area contributed by atoms with E-state index in [4.69, 9.17) is 9.47 Å². The third-order valence-electron chi connectivity index (χ3n) is 5.44. The molecular weight excluding hydrogens is 324 g/mol. The molecule has 0 spiro atoms. The van der Waals surface area contributed by atoms with Crippen LogP contribution in [0.15, 0.2) is 24.3 Å². The van der Waals surface area contributed by atoms with Crippen LogP contribution in [0.3, 0.4) is 0 Å². The highest BCUT2D eigenvalue weighted by molar-refractivity contribution is 6.08. The van der Waals surface area contributed by atoms with Crippen LogP contribution in [0.25, 0.3) is 0 Å². The van der Waals surface area contributed by atoms with Crippen LogP contribution < -0.4 is 10.1 Å². The van der Waals surface area contributed by atoms with Crippen molar-refractivity contribution in [2.24, 2.45) is 11.8 Å². The lowest BCUT2D eigenvalue weighted by atomic mass is 9.80. The van der Waals surface area contributed by atoms with Crippen molar-refractivity contribution in [2.75, 3.05) is 20.8 Å². The number of quaternary nitrogens is 1. The Kier molecular flexibility index (Phi) is 4.28. The summed E-state index contributed by atoms with van der Waals surface area (Å²) in [7, 11) is 2.86. The molecule has 2 saturated heterocycles.